The van der Waals surface area contributed by atoms with Crippen LogP contribution in [0.25, 0.3) is 0 Å². The van der Waals surface area contributed by atoms with Crippen molar-refractivity contribution in [3.8, 4) is 0 Å². The van der Waals surface area contributed by atoms with Crippen LogP contribution in [0, 0.1) is 12.7 Å². The van der Waals surface area contributed by atoms with E-state index in [1.807, 2.05) is 0 Å². The molecular weight excluding hydrogens is 275 g/mol. The number of benzene rings is 1. The minimum absolute atomic E-state index is 0.178. The summed E-state index contributed by atoms with van der Waals surface area (Å²) < 4.78 is 23.6. The molecule has 0 unspecified atom stereocenters. The molecule has 3 rings (SSSR count). The van der Waals surface area contributed by atoms with Crippen molar-refractivity contribution in [3.63, 3.8) is 0 Å². The Hall–Kier alpha value is -2.21. The lowest BCUT2D eigenvalue weighted by Gasteiger charge is -2.32. The number of aryl methyl sites for hydroxylation is 1. The fourth-order valence-electron chi connectivity index (χ4n) is 2.34. The zero-order chi connectivity index (χ0) is 14.8. The predicted molar refractivity (Wildman–Crippen MR) is 72.2 cm³/mol. The molecule has 21 heavy (non-hydrogen) atoms. The molecule has 1 aromatic heterocycles. The van der Waals surface area contributed by atoms with Gasteiger partial charge in [0.1, 0.15) is 17.7 Å². The Morgan fingerprint density at radius 3 is 2.81 bits per heavy atom. The Bertz CT molecular complexity index is 639. The van der Waals surface area contributed by atoms with Crippen molar-refractivity contribution in [2.75, 3.05) is 19.7 Å². The van der Waals surface area contributed by atoms with E-state index in [2.05, 4.69) is 5.16 Å². The third-order valence-corrected chi connectivity index (χ3v) is 3.44. The lowest BCUT2D eigenvalue weighted by Crippen LogP contribution is -2.42. The summed E-state index contributed by atoms with van der Waals surface area (Å²) in [6.45, 7) is 3.09. The molecule has 1 saturated heterocycles. The van der Waals surface area contributed by atoms with Gasteiger partial charge >= 0.3 is 0 Å². The number of hydrogen-bond donors (Lipinski definition) is 0. The van der Waals surface area contributed by atoms with Gasteiger partial charge in [0.05, 0.1) is 13.2 Å². The van der Waals surface area contributed by atoms with Crippen LogP contribution in [-0.4, -0.2) is 35.7 Å². The molecule has 0 radical (unpaired) electrons. The van der Waals surface area contributed by atoms with E-state index in [4.69, 9.17) is 9.26 Å². The first-order valence-electron chi connectivity index (χ1n) is 6.73. The van der Waals surface area contributed by atoms with E-state index in [0.29, 0.717) is 31.2 Å². The van der Waals surface area contributed by atoms with Gasteiger partial charge in [0.15, 0.2) is 5.69 Å². The van der Waals surface area contributed by atoms with E-state index in [9.17, 15) is 9.18 Å². The van der Waals surface area contributed by atoms with Gasteiger partial charge in [0.25, 0.3) is 5.91 Å². The van der Waals surface area contributed by atoms with Crippen LogP contribution in [0.15, 0.2) is 34.9 Å². The summed E-state index contributed by atoms with van der Waals surface area (Å²) in [6.07, 6.45) is -0.253. The zero-order valence-electron chi connectivity index (χ0n) is 11.6. The molecule has 1 aliphatic rings. The van der Waals surface area contributed by atoms with Crippen LogP contribution < -0.4 is 0 Å². The van der Waals surface area contributed by atoms with Crippen LogP contribution in [0.5, 0.6) is 0 Å². The molecule has 0 spiro atoms. The van der Waals surface area contributed by atoms with E-state index in [-0.39, 0.29) is 17.8 Å². The summed E-state index contributed by atoms with van der Waals surface area (Å²) in [6, 6.07) is 7.74. The summed E-state index contributed by atoms with van der Waals surface area (Å²) in [5, 5.41) is 3.74. The van der Waals surface area contributed by atoms with Gasteiger partial charge in [-0.2, -0.15) is 0 Å². The van der Waals surface area contributed by atoms with Gasteiger partial charge in [0.2, 0.25) is 0 Å². The van der Waals surface area contributed by atoms with Crippen molar-refractivity contribution in [2.24, 2.45) is 0 Å². The number of ether oxygens (including phenoxy) is 1. The lowest BCUT2D eigenvalue weighted by molar-refractivity contribution is -0.0231. The molecule has 0 aliphatic carbocycles. The SMILES string of the molecule is Cc1cc(C(=O)N2CCO[C@H](c3ccc(F)cc3)C2)no1. The number of hydrogen-bond acceptors (Lipinski definition) is 4. The summed E-state index contributed by atoms with van der Waals surface area (Å²) >= 11 is 0. The van der Waals surface area contributed by atoms with Crippen LogP contribution >= 0.6 is 0 Å². The monoisotopic (exact) mass is 290 g/mol. The molecule has 1 aromatic carbocycles. The Morgan fingerprint density at radius 2 is 2.14 bits per heavy atom. The van der Waals surface area contributed by atoms with Crippen LogP contribution in [-0.2, 0) is 4.74 Å². The van der Waals surface area contributed by atoms with Crippen molar-refractivity contribution in [3.05, 3.63) is 53.2 Å². The number of aromatic nitrogens is 1. The van der Waals surface area contributed by atoms with Gasteiger partial charge in [-0.3, -0.25) is 4.79 Å². The van der Waals surface area contributed by atoms with Gasteiger partial charge in [-0.05, 0) is 24.6 Å². The maximum atomic E-state index is 13.0. The summed E-state index contributed by atoms with van der Waals surface area (Å²) in [7, 11) is 0. The summed E-state index contributed by atoms with van der Waals surface area (Å²) in [4.78, 5) is 14.0. The van der Waals surface area contributed by atoms with E-state index in [1.54, 1.807) is 30.0 Å². The van der Waals surface area contributed by atoms with Crippen LogP contribution in [0.3, 0.4) is 0 Å². The van der Waals surface area contributed by atoms with Gasteiger partial charge in [0, 0.05) is 12.6 Å². The Kier molecular flexibility index (Phi) is 3.70. The smallest absolute Gasteiger partial charge is 0.276 e. The van der Waals surface area contributed by atoms with Gasteiger partial charge in [-0.1, -0.05) is 17.3 Å². The molecular formula is C15H15FN2O3. The first-order valence-corrected chi connectivity index (χ1v) is 6.73. The topological polar surface area (TPSA) is 55.6 Å². The van der Waals surface area contributed by atoms with Crippen molar-refractivity contribution in [2.45, 2.75) is 13.0 Å². The number of amides is 1. The zero-order valence-corrected chi connectivity index (χ0v) is 11.6. The minimum atomic E-state index is -0.291. The highest BCUT2D eigenvalue weighted by atomic mass is 19.1. The first-order chi connectivity index (χ1) is 10.1. The fourth-order valence-corrected chi connectivity index (χ4v) is 2.34. The number of carbonyl (C=O) groups is 1. The number of halogens is 1. The first kappa shape index (κ1) is 13.8. The van der Waals surface area contributed by atoms with Crippen LogP contribution in [0.2, 0.25) is 0 Å². The molecule has 0 bridgehead atoms. The third kappa shape index (κ3) is 2.95. The second-order valence-corrected chi connectivity index (χ2v) is 4.98. The maximum absolute atomic E-state index is 13.0. The van der Waals surface area contributed by atoms with Crippen LogP contribution in [0.4, 0.5) is 4.39 Å². The number of morpholine rings is 1. The normalized spacial score (nSPS) is 18.8. The van der Waals surface area contributed by atoms with Crippen molar-refractivity contribution in [1.82, 2.24) is 10.1 Å². The molecule has 0 N–H and O–H groups in total. The second-order valence-electron chi connectivity index (χ2n) is 4.98. The Labute approximate surface area is 121 Å². The van der Waals surface area contributed by atoms with Crippen LogP contribution in [0.1, 0.15) is 27.9 Å². The Balaban J connectivity index is 1.73. The molecule has 1 atom stereocenters. The Morgan fingerprint density at radius 1 is 1.38 bits per heavy atom. The van der Waals surface area contributed by atoms with E-state index in [1.165, 1.54) is 12.1 Å². The van der Waals surface area contributed by atoms with Crippen molar-refractivity contribution >= 4 is 5.91 Å². The molecule has 1 amide bonds. The van der Waals surface area contributed by atoms with Crippen molar-refractivity contribution in [1.29, 1.82) is 0 Å². The number of carbonyl (C=O) groups excluding carboxylic acids is 1. The van der Waals surface area contributed by atoms with Gasteiger partial charge in [-0.25, -0.2) is 4.39 Å². The molecule has 1 aliphatic heterocycles. The predicted octanol–water partition coefficient (Wildman–Crippen LogP) is 2.34. The number of nitrogens with zero attached hydrogens (tertiary/aromatic N) is 2. The van der Waals surface area contributed by atoms with Gasteiger partial charge in [-0.15, -0.1) is 0 Å². The van der Waals surface area contributed by atoms with E-state index < -0.39 is 0 Å². The van der Waals surface area contributed by atoms with E-state index in [0.717, 1.165) is 5.56 Å². The number of rotatable bonds is 2. The minimum Gasteiger partial charge on any atom is -0.370 e. The molecule has 1 fully saturated rings. The van der Waals surface area contributed by atoms with E-state index >= 15 is 0 Å². The highest BCUT2D eigenvalue weighted by molar-refractivity contribution is 5.92. The molecule has 2 heterocycles. The largest absolute Gasteiger partial charge is 0.370 e. The van der Waals surface area contributed by atoms with Crippen molar-refractivity contribution < 1.29 is 18.4 Å². The maximum Gasteiger partial charge on any atom is 0.276 e. The molecule has 2 aromatic rings. The lowest BCUT2D eigenvalue weighted by atomic mass is 10.1. The average molecular weight is 290 g/mol. The molecule has 110 valence electrons. The quantitative estimate of drug-likeness (QED) is 0.852. The standard InChI is InChI=1S/C15H15FN2O3/c1-10-8-13(17-21-10)15(19)18-6-7-20-14(9-18)11-2-4-12(16)5-3-11/h2-5,8,14H,6-7,9H2,1H3/t14-/m0/s1. The summed E-state index contributed by atoms with van der Waals surface area (Å²) in [5.41, 5.74) is 1.15. The summed E-state index contributed by atoms with van der Waals surface area (Å²) in [5.74, 6) is 0.129. The molecule has 5 nitrogen and oxygen atoms in total. The second kappa shape index (κ2) is 5.65. The highest BCUT2D eigenvalue weighted by Crippen LogP contribution is 2.23. The fraction of sp³-hybridized carbons (Fsp3) is 0.333. The van der Waals surface area contributed by atoms with Gasteiger partial charge < -0.3 is 14.2 Å². The third-order valence-electron chi connectivity index (χ3n) is 3.44. The molecule has 6 heteroatoms. The molecule has 0 saturated carbocycles. The highest BCUT2D eigenvalue weighted by Gasteiger charge is 2.27. The average Bonchev–Trinajstić information content (AvgIpc) is 2.94.